The predicted octanol–water partition coefficient (Wildman–Crippen LogP) is 2.55. The molecule has 1 aromatic rings. The first-order valence-corrected chi connectivity index (χ1v) is 8.34. The summed E-state index contributed by atoms with van der Waals surface area (Å²) in [4.78, 5) is 16.2. The molecule has 1 aliphatic rings. The molecule has 0 unspecified atom stereocenters. The minimum atomic E-state index is -4.54. The molecule has 0 aromatic carbocycles. The van der Waals surface area contributed by atoms with Gasteiger partial charge in [0.2, 0.25) is 0 Å². The summed E-state index contributed by atoms with van der Waals surface area (Å²) >= 11 is 0. The van der Waals surface area contributed by atoms with Gasteiger partial charge in [0.15, 0.2) is 0 Å². The van der Waals surface area contributed by atoms with Gasteiger partial charge in [0, 0.05) is 19.1 Å². The summed E-state index contributed by atoms with van der Waals surface area (Å²) in [6.07, 6.45) is -3.15. The van der Waals surface area contributed by atoms with Gasteiger partial charge in [0.05, 0.1) is 12.2 Å². The summed E-state index contributed by atoms with van der Waals surface area (Å²) in [5.74, 6) is -1.03. The van der Waals surface area contributed by atoms with Gasteiger partial charge in [-0.05, 0) is 51.2 Å². The number of aromatic nitrogens is 1. The van der Waals surface area contributed by atoms with Crippen molar-refractivity contribution in [1.82, 2.24) is 11.1 Å². The lowest BCUT2D eigenvalue weighted by molar-refractivity contribution is -0.305. The van der Waals surface area contributed by atoms with Crippen LogP contribution in [-0.4, -0.2) is 36.3 Å². The number of pyridine rings is 1. The van der Waals surface area contributed by atoms with Crippen molar-refractivity contribution in [2.24, 2.45) is 0 Å². The lowest BCUT2D eigenvalue weighted by Gasteiger charge is -2.34. The molecule has 0 atom stereocenters. The Balaban J connectivity index is 0.00000338. The van der Waals surface area contributed by atoms with Crippen molar-refractivity contribution in [2.45, 2.75) is 57.9 Å². The second-order valence-corrected chi connectivity index (χ2v) is 6.42. The highest BCUT2D eigenvalue weighted by Gasteiger charge is 2.34. The van der Waals surface area contributed by atoms with Crippen LogP contribution < -0.4 is 16.2 Å². The summed E-state index contributed by atoms with van der Waals surface area (Å²) in [6.45, 7) is 4.92. The second kappa shape index (κ2) is 9.18. The first kappa shape index (κ1) is 22.2. The van der Waals surface area contributed by atoms with Crippen LogP contribution in [0.5, 0.6) is 0 Å². The Bertz CT molecular complexity index is 601. The van der Waals surface area contributed by atoms with E-state index in [9.17, 15) is 23.1 Å². The fourth-order valence-corrected chi connectivity index (χ4v) is 2.93. The van der Waals surface area contributed by atoms with Crippen molar-refractivity contribution in [1.29, 1.82) is 0 Å². The zero-order valence-corrected chi connectivity index (χ0v) is 15.3. The molecule has 2 rings (SSSR count). The minimum Gasteiger partial charge on any atom is -0.550 e. The van der Waals surface area contributed by atoms with Crippen molar-refractivity contribution in [3.63, 3.8) is 0 Å². The van der Waals surface area contributed by atoms with E-state index in [1.165, 1.54) is 6.07 Å². The number of hydrogen-bond acceptors (Lipinski definition) is 5. The number of carbonyl (C=O) groups is 1. The Labute approximate surface area is 150 Å². The molecule has 2 heterocycles. The monoisotopic (exact) mass is 377 g/mol. The van der Waals surface area contributed by atoms with Crippen LogP contribution in [0.4, 0.5) is 19.0 Å². The number of rotatable bonds is 6. The van der Waals surface area contributed by atoms with Crippen LogP contribution in [0.25, 0.3) is 0 Å². The molecule has 4 N–H and O–H groups in total. The largest absolute Gasteiger partial charge is 0.550 e. The minimum absolute atomic E-state index is 0. The summed E-state index contributed by atoms with van der Waals surface area (Å²) in [7, 11) is 0. The van der Waals surface area contributed by atoms with E-state index in [1.807, 2.05) is 13.8 Å². The van der Waals surface area contributed by atoms with Gasteiger partial charge in [-0.25, -0.2) is 4.98 Å². The van der Waals surface area contributed by atoms with E-state index in [0.717, 1.165) is 6.07 Å². The number of alkyl halides is 3. The van der Waals surface area contributed by atoms with Crippen molar-refractivity contribution in [3.05, 3.63) is 23.4 Å². The van der Waals surface area contributed by atoms with Crippen molar-refractivity contribution in [3.8, 4) is 0 Å². The van der Waals surface area contributed by atoms with E-state index in [4.69, 9.17) is 4.74 Å². The molecular formula is C17H26F3N3O3. The zero-order valence-electron chi connectivity index (χ0n) is 15.3. The molecular weight excluding hydrogens is 351 g/mol. The Hall–Kier alpha value is -1.87. The molecule has 1 fully saturated rings. The number of aliphatic carboxylic acids is 1. The van der Waals surface area contributed by atoms with E-state index >= 15 is 0 Å². The Morgan fingerprint density at radius 1 is 1.35 bits per heavy atom. The van der Waals surface area contributed by atoms with Gasteiger partial charge in [-0.1, -0.05) is 6.07 Å². The molecule has 0 spiro atoms. The number of halogens is 3. The summed E-state index contributed by atoms with van der Waals surface area (Å²) in [5.41, 5.74) is -0.485. The summed E-state index contributed by atoms with van der Waals surface area (Å²) in [6, 6.07) is 2.20. The van der Waals surface area contributed by atoms with Crippen molar-refractivity contribution >= 4 is 11.8 Å². The SMILES string of the molecule is CC(C)OC1CCN(c2nc(C(F)(F)F)ccc2CCC(=O)[O-])CC1.[NH4+]. The number of aryl methyl sites for hydroxylation is 1. The first-order chi connectivity index (χ1) is 11.7. The maximum atomic E-state index is 13.0. The van der Waals surface area contributed by atoms with E-state index in [-0.39, 0.29) is 37.0 Å². The molecule has 0 bridgehead atoms. The fourth-order valence-electron chi connectivity index (χ4n) is 2.93. The van der Waals surface area contributed by atoms with Crippen LogP contribution in [0.15, 0.2) is 12.1 Å². The van der Waals surface area contributed by atoms with Crippen molar-refractivity contribution in [2.75, 3.05) is 18.0 Å². The molecule has 9 heteroatoms. The highest BCUT2D eigenvalue weighted by atomic mass is 19.4. The molecule has 0 saturated carbocycles. The molecule has 1 aromatic heterocycles. The highest BCUT2D eigenvalue weighted by Crippen LogP contribution is 2.32. The van der Waals surface area contributed by atoms with E-state index in [2.05, 4.69) is 4.98 Å². The van der Waals surface area contributed by atoms with Crippen LogP contribution >= 0.6 is 0 Å². The number of quaternary nitrogens is 1. The molecule has 26 heavy (non-hydrogen) atoms. The predicted molar refractivity (Wildman–Crippen MR) is 90.0 cm³/mol. The van der Waals surface area contributed by atoms with Gasteiger partial charge in [-0.2, -0.15) is 13.2 Å². The molecule has 0 radical (unpaired) electrons. The lowest BCUT2D eigenvalue weighted by Crippen LogP contribution is -2.39. The molecule has 0 amide bonds. The number of carboxylic acids is 1. The zero-order chi connectivity index (χ0) is 18.6. The smallest absolute Gasteiger partial charge is 0.433 e. The Morgan fingerprint density at radius 2 is 1.96 bits per heavy atom. The van der Waals surface area contributed by atoms with Gasteiger partial charge in [-0.15, -0.1) is 0 Å². The van der Waals surface area contributed by atoms with Crippen molar-refractivity contribution < 1.29 is 27.8 Å². The van der Waals surface area contributed by atoms with Gasteiger partial charge >= 0.3 is 6.18 Å². The number of nitrogens with zero attached hydrogens (tertiary/aromatic N) is 2. The average Bonchev–Trinajstić information content (AvgIpc) is 2.52. The third kappa shape index (κ3) is 6.14. The maximum Gasteiger partial charge on any atom is 0.433 e. The van der Waals surface area contributed by atoms with Gasteiger partial charge in [0.1, 0.15) is 11.5 Å². The van der Waals surface area contributed by atoms with Crippen LogP contribution in [0, 0.1) is 0 Å². The quantitative estimate of drug-likeness (QED) is 0.821. The summed E-state index contributed by atoms with van der Waals surface area (Å²) < 4.78 is 44.7. The summed E-state index contributed by atoms with van der Waals surface area (Å²) in [5, 5.41) is 10.7. The number of carboxylic acid groups (broad SMARTS) is 1. The number of anilines is 1. The Kier molecular flexibility index (Phi) is 7.83. The third-order valence-electron chi connectivity index (χ3n) is 4.05. The van der Waals surface area contributed by atoms with E-state index < -0.39 is 17.8 Å². The topological polar surface area (TPSA) is 102 Å². The van der Waals surface area contributed by atoms with Gasteiger partial charge < -0.3 is 25.7 Å². The van der Waals surface area contributed by atoms with E-state index in [1.54, 1.807) is 4.90 Å². The lowest BCUT2D eigenvalue weighted by atomic mass is 10.0. The first-order valence-electron chi connectivity index (χ1n) is 8.34. The normalized spacial score (nSPS) is 15.8. The van der Waals surface area contributed by atoms with Crippen LogP contribution in [0.3, 0.4) is 0 Å². The number of piperidine rings is 1. The van der Waals surface area contributed by atoms with Crippen LogP contribution in [0.1, 0.15) is 44.4 Å². The van der Waals surface area contributed by atoms with Gasteiger partial charge in [-0.3, -0.25) is 0 Å². The third-order valence-corrected chi connectivity index (χ3v) is 4.05. The molecule has 6 nitrogen and oxygen atoms in total. The fraction of sp³-hybridized carbons (Fsp3) is 0.647. The Morgan fingerprint density at radius 3 is 2.46 bits per heavy atom. The molecule has 1 saturated heterocycles. The maximum absolute atomic E-state index is 13.0. The molecule has 1 aliphatic heterocycles. The second-order valence-electron chi connectivity index (χ2n) is 6.42. The molecule has 148 valence electrons. The highest BCUT2D eigenvalue weighted by molar-refractivity contribution is 5.65. The van der Waals surface area contributed by atoms with E-state index in [0.29, 0.717) is 31.5 Å². The number of hydrogen-bond donors (Lipinski definition) is 1. The number of carbonyl (C=O) groups excluding carboxylic acids is 1. The standard InChI is InChI=1S/C17H23F3N2O3.H3N/c1-11(2)25-13-7-9-22(10-8-13)16-12(4-6-15(23)24)3-5-14(21-16)17(18,19)20;/h3,5,11,13H,4,6-10H2,1-2H3,(H,23,24);1H3. The number of ether oxygens (including phenoxy) is 1. The average molecular weight is 377 g/mol. The van der Waals surface area contributed by atoms with Crippen LogP contribution in [-0.2, 0) is 22.1 Å². The molecule has 0 aliphatic carbocycles. The van der Waals surface area contributed by atoms with Crippen LogP contribution in [0.2, 0.25) is 0 Å². The van der Waals surface area contributed by atoms with Gasteiger partial charge in [0.25, 0.3) is 0 Å².